The molecule has 0 unspecified atom stereocenters. The van der Waals surface area contributed by atoms with E-state index in [0.29, 0.717) is 10.3 Å². The average molecular weight is 653 g/mol. The Labute approximate surface area is 260 Å². The maximum Gasteiger partial charge on any atom is 4.00 e. The second-order valence-corrected chi connectivity index (χ2v) is 17.7. The molecule has 0 fully saturated rings. The van der Waals surface area contributed by atoms with E-state index in [4.69, 9.17) is 0 Å². The van der Waals surface area contributed by atoms with Gasteiger partial charge in [-0.25, -0.2) is 0 Å². The maximum absolute atomic E-state index is 2.41. The van der Waals surface area contributed by atoms with Crippen molar-refractivity contribution in [1.82, 2.24) is 0 Å². The molecule has 0 aliphatic heterocycles. The van der Waals surface area contributed by atoms with Crippen molar-refractivity contribution in [2.24, 2.45) is 0 Å². The van der Waals surface area contributed by atoms with Crippen LogP contribution in [-0.4, -0.2) is 22.6 Å². The van der Waals surface area contributed by atoms with Gasteiger partial charge in [-0.3, -0.25) is 0 Å². The summed E-state index contributed by atoms with van der Waals surface area (Å²) < 4.78 is 0. The Balaban J connectivity index is 0.000000651. The predicted molar refractivity (Wildman–Crippen MR) is 162 cm³/mol. The van der Waals surface area contributed by atoms with Crippen molar-refractivity contribution in [3.63, 3.8) is 0 Å². The van der Waals surface area contributed by atoms with Crippen LogP contribution < -0.4 is 35.4 Å². The van der Waals surface area contributed by atoms with Crippen molar-refractivity contribution >= 4 is 48.0 Å². The van der Waals surface area contributed by atoms with Crippen molar-refractivity contribution in [2.75, 3.05) is 12.3 Å². The van der Waals surface area contributed by atoms with E-state index in [2.05, 4.69) is 128 Å². The first-order valence-electron chi connectivity index (χ1n) is 12.9. The third kappa shape index (κ3) is 10.2. The van der Waals surface area contributed by atoms with Crippen molar-refractivity contribution in [2.45, 2.75) is 78.5 Å². The van der Waals surface area contributed by atoms with Gasteiger partial charge in [0.05, 0.1) is 0 Å². The first-order valence-corrected chi connectivity index (χ1v) is 16.0. The van der Waals surface area contributed by atoms with Crippen molar-refractivity contribution in [3.8, 4) is 0 Å². The summed E-state index contributed by atoms with van der Waals surface area (Å²) in [7, 11) is -0.0874. The van der Waals surface area contributed by atoms with Gasteiger partial charge in [-0.2, -0.15) is 12.1 Å². The topological polar surface area (TPSA) is 0 Å². The monoisotopic (exact) mass is 650 g/mol. The second-order valence-electron chi connectivity index (χ2n) is 11.3. The van der Waals surface area contributed by atoms with E-state index in [0.717, 1.165) is 0 Å². The third-order valence-electron chi connectivity index (χ3n) is 6.16. The summed E-state index contributed by atoms with van der Waals surface area (Å²) in [5.74, 6) is 0. The summed E-state index contributed by atoms with van der Waals surface area (Å²) in [5.41, 5.74) is 0. The third-order valence-corrected chi connectivity index (χ3v) is 12.6. The molecule has 0 amide bonds. The zero-order chi connectivity index (χ0) is 24.9. The quantitative estimate of drug-likeness (QED) is 0.220. The van der Waals surface area contributed by atoms with Crippen LogP contribution >= 0.6 is 15.8 Å². The minimum Gasteiger partial charge on any atom is -1.00 e. The number of benzene rings is 2. The number of hydrogen-bond acceptors (Lipinski definition) is 0. The molecule has 0 heterocycles. The van der Waals surface area contributed by atoms with E-state index >= 15 is 0 Å². The zero-order valence-corrected chi connectivity index (χ0v) is 29.7. The molecule has 37 heavy (non-hydrogen) atoms. The van der Waals surface area contributed by atoms with Gasteiger partial charge in [0.15, 0.2) is 0 Å². The van der Waals surface area contributed by atoms with E-state index in [9.17, 15) is 0 Å². The van der Waals surface area contributed by atoms with Crippen LogP contribution in [0.4, 0.5) is 0 Å². The molecule has 0 radical (unpaired) electrons. The first kappa shape index (κ1) is 37.0. The van der Waals surface area contributed by atoms with Crippen LogP contribution in [0.1, 0.15) is 68.2 Å². The molecule has 5 heteroatoms. The Morgan fingerprint density at radius 1 is 0.622 bits per heavy atom. The maximum atomic E-state index is 2.41. The van der Waals surface area contributed by atoms with Crippen molar-refractivity contribution in [3.05, 3.63) is 72.8 Å². The molecule has 0 aliphatic carbocycles. The molecule has 0 aliphatic rings. The van der Waals surface area contributed by atoms with E-state index in [1.807, 2.05) is 0 Å². The molecule has 4 aromatic rings. The van der Waals surface area contributed by atoms with E-state index in [1.165, 1.54) is 46.7 Å². The minimum absolute atomic E-state index is 0. The smallest absolute Gasteiger partial charge is 1.00 e. The molecule has 4 rings (SSSR count). The van der Waals surface area contributed by atoms with Gasteiger partial charge in [0.2, 0.25) is 0 Å². The molecule has 0 spiro atoms. The van der Waals surface area contributed by atoms with Gasteiger partial charge in [0.1, 0.15) is 0 Å². The fraction of sp³-hybridized carbons (Fsp3) is 0.438. The fourth-order valence-corrected chi connectivity index (χ4v) is 11.8. The number of halogens is 2. The van der Waals surface area contributed by atoms with Crippen LogP contribution in [0.25, 0.3) is 21.5 Å². The van der Waals surface area contributed by atoms with Gasteiger partial charge in [0.25, 0.3) is 0 Å². The van der Waals surface area contributed by atoms with Gasteiger partial charge in [-0.05, 0) is 22.6 Å². The van der Waals surface area contributed by atoms with Crippen molar-refractivity contribution in [1.29, 1.82) is 0 Å². The SMILES string of the molecule is CC(C)(C)P(c1cc2ccccc2[cH-]1)C(C)(C)C.CCCP(CCC)c1cc2ccccc2[cH-]1.[Cl-].[Cl-].[Zr+4]. The number of rotatable bonds is 6. The average Bonchev–Trinajstić information content (AvgIpc) is 3.35. The van der Waals surface area contributed by atoms with Crippen LogP contribution in [0, 0.1) is 0 Å². The zero-order valence-electron chi connectivity index (χ0n) is 23.9. The summed E-state index contributed by atoms with van der Waals surface area (Å²) in [4.78, 5) is 0. The summed E-state index contributed by atoms with van der Waals surface area (Å²) in [5, 5.41) is 9.44. The second kappa shape index (κ2) is 16.3. The van der Waals surface area contributed by atoms with Crippen LogP contribution in [0.3, 0.4) is 0 Å². The Morgan fingerprint density at radius 2 is 1.00 bits per heavy atom. The Kier molecular flexibility index (Phi) is 16.3. The molecule has 0 atom stereocenters. The number of hydrogen-bond donors (Lipinski definition) is 0. The van der Waals surface area contributed by atoms with Crippen LogP contribution in [0.5, 0.6) is 0 Å². The van der Waals surface area contributed by atoms with Gasteiger partial charge in [-0.15, -0.1) is 80.7 Å². The minimum atomic E-state index is -0.185. The standard InChI is InChI=1S/C17H24P.C15H20P.2ClH.Zr/c1-16(2,3)18(17(4,5)6)15-11-13-9-7-8-10-14(13)12-15;1-3-9-16(10-4-2)15-11-13-7-5-6-8-14(13)12-15;;;/h7-12H,1-6H3;5-8,11-12H,3-4,9-10H2,1-2H3;2*1H;/q2*-1;;;+4/p-2. The Bertz CT molecular complexity index is 1090. The van der Waals surface area contributed by atoms with Gasteiger partial charge in [-0.1, -0.05) is 96.2 Å². The first-order chi connectivity index (χ1) is 16.0. The molecular formula is C32H44Cl2P2Zr. The number of fused-ring (bicyclic) bond motifs is 2. The summed E-state index contributed by atoms with van der Waals surface area (Å²) >= 11 is 0. The van der Waals surface area contributed by atoms with Crippen LogP contribution in [0.15, 0.2) is 72.8 Å². The summed E-state index contributed by atoms with van der Waals surface area (Å²) in [6.07, 6.45) is 5.40. The van der Waals surface area contributed by atoms with E-state index in [1.54, 1.807) is 10.6 Å². The molecule has 0 aromatic heterocycles. The Morgan fingerprint density at radius 3 is 1.38 bits per heavy atom. The van der Waals surface area contributed by atoms with Gasteiger partial charge in [0, 0.05) is 0 Å². The largest absolute Gasteiger partial charge is 4.00 e. The Hall–Kier alpha value is -0.0169. The molecule has 200 valence electrons. The van der Waals surface area contributed by atoms with Crippen molar-refractivity contribution < 1.29 is 51.0 Å². The van der Waals surface area contributed by atoms with Gasteiger partial charge < -0.3 is 24.8 Å². The van der Waals surface area contributed by atoms with E-state index < -0.39 is 0 Å². The van der Waals surface area contributed by atoms with Crippen LogP contribution in [-0.2, 0) is 26.2 Å². The molecule has 0 saturated heterocycles. The normalized spacial score (nSPS) is 11.5. The molecule has 0 N–H and O–H groups in total. The molecule has 0 bridgehead atoms. The molecular weight excluding hydrogens is 608 g/mol. The fourth-order valence-electron chi connectivity index (χ4n) is 5.27. The van der Waals surface area contributed by atoms with E-state index in [-0.39, 0.29) is 66.9 Å². The molecule has 4 aromatic carbocycles. The predicted octanol–water partition coefficient (Wildman–Crippen LogP) is 3.75. The summed E-state index contributed by atoms with van der Waals surface area (Å²) in [6, 6.07) is 27.0. The van der Waals surface area contributed by atoms with Gasteiger partial charge >= 0.3 is 26.2 Å². The molecule has 0 saturated carbocycles. The summed E-state index contributed by atoms with van der Waals surface area (Å²) in [6.45, 7) is 18.9. The molecule has 0 nitrogen and oxygen atoms in total. The van der Waals surface area contributed by atoms with Crippen LogP contribution in [0.2, 0.25) is 0 Å².